The highest BCUT2D eigenvalue weighted by molar-refractivity contribution is 5.86. The van der Waals surface area contributed by atoms with E-state index in [0.717, 1.165) is 6.08 Å². The predicted octanol–water partition coefficient (Wildman–Crippen LogP) is 1.73. The maximum atomic E-state index is 11.0. The lowest BCUT2D eigenvalue weighted by atomic mass is 10.1. The number of carbonyl (C=O) groups excluding carboxylic acids is 1. The third-order valence-electron chi connectivity index (χ3n) is 2.42. The van der Waals surface area contributed by atoms with Crippen LogP contribution in [0, 0.1) is 0 Å². The molecular formula is C14H16O6. The molecule has 0 aromatic heterocycles. The van der Waals surface area contributed by atoms with Crippen molar-refractivity contribution in [1.82, 2.24) is 0 Å². The fourth-order valence-corrected chi connectivity index (χ4v) is 1.48. The number of carboxylic acids is 1. The number of benzene rings is 1. The minimum absolute atomic E-state index is 0.0939. The smallest absolute Gasteiger partial charge is 0.328 e. The molecule has 0 fully saturated rings. The lowest BCUT2D eigenvalue weighted by Crippen LogP contribution is -2.08. The van der Waals surface area contributed by atoms with Gasteiger partial charge in [0, 0.05) is 11.6 Å². The predicted molar refractivity (Wildman–Crippen MR) is 71.8 cm³/mol. The van der Waals surface area contributed by atoms with E-state index in [0.29, 0.717) is 17.1 Å². The number of esters is 1. The first-order chi connectivity index (χ1) is 9.58. The first-order valence-corrected chi connectivity index (χ1v) is 5.86. The molecule has 0 saturated carbocycles. The van der Waals surface area contributed by atoms with E-state index in [1.54, 1.807) is 18.2 Å². The highest BCUT2D eigenvalue weighted by atomic mass is 16.5. The van der Waals surface area contributed by atoms with Gasteiger partial charge in [-0.2, -0.15) is 0 Å². The van der Waals surface area contributed by atoms with Crippen molar-refractivity contribution in [2.24, 2.45) is 0 Å². The van der Waals surface area contributed by atoms with Crippen molar-refractivity contribution in [3.05, 3.63) is 29.8 Å². The van der Waals surface area contributed by atoms with Crippen LogP contribution in [-0.4, -0.2) is 37.9 Å². The Kier molecular flexibility index (Phi) is 6.09. The van der Waals surface area contributed by atoms with Crippen LogP contribution in [0.15, 0.2) is 24.3 Å². The fraction of sp³-hybridized carbons (Fsp3) is 0.286. The zero-order chi connectivity index (χ0) is 15.0. The van der Waals surface area contributed by atoms with Gasteiger partial charge in [-0.3, -0.25) is 4.79 Å². The van der Waals surface area contributed by atoms with Crippen LogP contribution >= 0.6 is 0 Å². The Labute approximate surface area is 116 Å². The monoisotopic (exact) mass is 280 g/mol. The number of rotatable bonds is 7. The first-order valence-electron chi connectivity index (χ1n) is 5.86. The van der Waals surface area contributed by atoms with Gasteiger partial charge < -0.3 is 19.3 Å². The molecule has 0 spiro atoms. The van der Waals surface area contributed by atoms with Gasteiger partial charge in [0.2, 0.25) is 0 Å². The summed E-state index contributed by atoms with van der Waals surface area (Å²) in [5, 5.41) is 8.65. The molecule has 0 unspecified atom stereocenters. The van der Waals surface area contributed by atoms with Gasteiger partial charge in [0.15, 0.2) is 11.5 Å². The molecule has 0 aliphatic carbocycles. The van der Waals surface area contributed by atoms with E-state index in [2.05, 4.69) is 4.74 Å². The van der Waals surface area contributed by atoms with E-state index in [1.165, 1.54) is 20.3 Å². The number of carbonyl (C=O) groups is 2. The summed E-state index contributed by atoms with van der Waals surface area (Å²) in [5.41, 5.74) is 0.552. The number of para-hydroxylation sites is 1. The van der Waals surface area contributed by atoms with Crippen molar-refractivity contribution < 1.29 is 28.9 Å². The largest absolute Gasteiger partial charge is 0.493 e. The Morgan fingerprint density at radius 1 is 1.30 bits per heavy atom. The van der Waals surface area contributed by atoms with Crippen LogP contribution in [0.2, 0.25) is 0 Å². The third kappa shape index (κ3) is 4.64. The first kappa shape index (κ1) is 15.6. The summed E-state index contributed by atoms with van der Waals surface area (Å²) in [6, 6.07) is 5.09. The Morgan fingerprint density at radius 3 is 2.65 bits per heavy atom. The van der Waals surface area contributed by atoms with Crippen molar-refractivity contribution >= 4 is 18.0 Å². The molecule has 0 aliphatic heterocycles. The van der Waals surface area contributed by atoms with E-state index in [9.17, 15) is 9.59 Å². The topological polar surface area (TPSA) is 82.1 Å². The Morgan fingerprint density at radius 2 is 2.05 bits per heavy atom. The second-order valence-corrected chi connectivity index (χ2v) is 3.72. The summed E-state index contributed by atoms with van der Waals surface area (Å²) < 4.78 is 15.2. The number of hydrogen-bond acceptors (Lipinski definition) is 5. The van der Waals surface area contributed by atoms with E-state index >= 15 is 0 Å². The molecule has 6 heteroatoms. The molecule has 0 atom stereocenters. The van der Waals surface area contributed by atoms with E-state index in [4.69, 9.17) is 14.6 Å². The average molecular weight is 280 g/mol. The van der Waals surface area contributed by atoms with Crippen molar-refractivity contribution in [1.29, 1.82) is 0 Å². The van der Waals surface area contributed by atoms with E-state index in [-0.39, 0.29) is 19.0 Å². The van der Waals surface area contributed by atoms with Gasteiger partial charge in [-0.05, 0) is 12.1 Å². The molecule has 108 valence electrons. The van der Waals surface area contributed by atoms with Gasteiger partial charge in [0.25, 0.3) is 0 Å². The zero-order valence-corrected chi connectivity index (χ0v) is 11.3. The minimum atomic E-state index is -1.06. The van der Waals surface area contributed by atoms with Gasteiger partial charge >= 0.3 is 11.9 Å². The summed E-state index contributed by atoms with van der Waals surface area (Å²) in [6.07, 6.45) is 2.50. The van der Waals surface area contributed by atoms with Crippen LogP contribution in [0.5, 0.6) is 11.5 Å². The minimum Gasteiger partial charge on any atom is -0.493 e. The standard InChI is InChI=1S/C14H16O6/c1-18-11-5-3-4-10(6-7-12(15)16)14(11)20-9-8-13(17)19-2/h3-7H,8-9H2,1-2H3,(H,15,16). The molecule has 1 aromatic carbocycles. The van der Waals surface area contributed by atoms with Crippen LogP contribution in [0.3, 0.4) is 0 Å². The molecule has 0 radical (unpaired) electrons. The molecular weight excluding hydrogens is 264 g/mol. The molecule has 1 N–H and O–H groups in total. The van der Waals surface area contributed by atoms with Crippen LogP contribution in [0.4, 0.5) is 0 Å². The highest BCUT2D eigenvalue weighted by Crippen LogP contribution is 2.32. The molecule has 0 saturated heterocycles. The SMILES string of the molecule is COC(=O)CCOc1c(C=CC(=O)O)cccc1OC. The lowest BCUT2D eigenvalue weighted by molar-refractivity contribution is -0.141. The van der Waals surface area contributed by atoms with Crippen LogP contribution < -0.4 is 9.47 Å². The van der Waals surface area contributed by atoms with Crippen molar-refractivity contribution in [3.63, 3.8) is 0 Å². The van der Waals surface area contributed by atoms with Crippen molar-refractivity contribution in [2.45, 2.75) is 6.42 Å². The van der Waals surface area contributed by atoms with Gasteiger partial charge in [0.1, 0.15) is 0 Å². The molecule has 0 bridgehead atoms. The van der Waals surface area contributed by atoms with Crippen LogP contribution in [0.25, 0.3) is 6.08 Å². The normalized spacial score (nSPS) is 10.3. The Balaban J connectivity index is 2.89. The summed E-state index contributed by atoms with van der Waals surface area (Å²) >= 11 is 0. The van der Waals surface area contributed by atoms with E-state index < -0.39 is 5.97 Å². The number of methoxy groups -OCH3 is 2. The average Bonchev–Trinajstić information content (AvgIpc) is 2.45. The summed E-state index contributed by atoms with van der Waals surface area (Å²) in [4.78, 5) is 21.6. The van der Waals surface area contributed by atoms with Crippen molar-refractivity contribution in [2.75, 3.05) is 20.8 Å². The van der Waals surface area contributed by atoms with Gasteiger partial charge in [0.05, 0.1) is 27.2 Å². The molecule has 0 amide bonds. The van der Waals surface area contributed by atoms with Crippen molar-refractivity contribution in [3.8, 4) is 11.5 Å². The Bertz CT molecular complexity index is 506. The fourth-order valence-electron chi connectivity index (χ4n) is 1.48. The molecule has 20 heavy (non-hydrogen) atoms. The highest BCUT2D eigenvalue weighted by Gasteiger charge is 2.10. The maximum Gasteiger partial charge on any atom is 0.328 e. The maximum absolute atomic E-state index is 11.0. The second kappa shape index (κ2) is 7.83. The summed E-state index contributed by atoms with van der Waals surface area (Å²) in [5.74, 6) is -0.602. The molecule has 0 aliphatic rings. The second-order valence-electron chi connectivity index (χ2n) is 3.72. The third-order valence-corrected chi connectivity index (χ3v) is 2.42. The van der Waals surface area contributed by atoms with Crippen LogP contribution in [0.1, 0.15) is 12.0 Å². The molecule has 0 heterocycles. The number of hydrogen-bond donors (Lipinski definition) is 1. The molecule has 6 nitrogen and oxygen atoms in total. The summed E-state index contributed by atoms with van der Waals surface area (Å²) in [7, 11) is 2.78. The number of ether oxygens (including phenoxy) is 3. The zero-order valence-electron chi connectivity index (χ0n) is 11.3. The van der Waals surface area contributed by atoms with Crippen LogP contribution in [-0.2, 0) is 14.3 Å². The quantitative estimate of drug-likeness (QED) is 0.605. The number of carboxylic acid groups (broad SMARTS) is 1. The van der Waals surface area contributed by atoms with Gasteiger partial charge in [-0.1, -0.05) is 12.1 Å². The number of aliphatic carboxylic acids is 1. The van der Waals surface area contributed by atoms with Gasteiger partial charge in [-0.15, -0.1) is 0 Å². The molecule has 1 aromatic rings. The van der Waals surface area contributed by atoms with Gasteiger partial charge in [-0.25, -0.2) is 4.79 Å². The lowest BCUT2D eigenvalue weighted by Gasteiger charge is -2.12. The Hall–Kier alpha value is -2.50. The van der Waals surface area contributed by atoms with E-state index in [1.807, 2.05) is 0 Å². The summed E-state index contributed by atoms with van der Waals surface area (Å²) in [6.45, 7) is 0.112. The molecule has 1 rings (SSSR count).